The van der Waals surface area contributed by atoms with Crippen molar-refractivity contribution in [3.63, 3.8) is 0 Å². The number of thioether (sulfide) groups is 1. The van der Waals surface area contributed by atoms with Crippen LogP contribution < -0.4 is 0 Å². The molecule has 0 radical (unpaired) electrons. The van der Waals surface area contributed by atoms with Gasteiger partial charge in [0.1, 0.15) is 5.76 Å². The molecule has 0 saturated heterocycles. The van der Waals surface area contributed by atoms with Crippen molar-refractivity contribution in [2.45, 2.75) is 25.0 Å². The number of aliphatic hydroxyl groups is 1. The Balaban J connectivity index is 1.87. The van der Waals surface area contributed by atoms with Crippen molar-refractivity contribution in [3.8, 4) is 0 Å². The molecule has 3 nitrogen and oxygen atoms in total. The summed E-state index contributed by atoms with van der Waals surface area (Å²) in [5.41, 5.74) is 2.58. The van der Waals surface area contributed by atoms with E-state index in [0.29, 0.717) is 23.1 Å². The van der Waals surface area contributed by atoms with E-state index in [1.807, 2.05) is 43.3 Å². The van der Waals surface area contributed by atoms with E-state index in [9.17, 15) is 14.7 Å². The van der Waals surface area contributed by atoms with Crippen molar-refractivity contribution >= 4 is 22.7 Å². The highest BCUT2D eigenvalue weighted by Gasteiger charge is 2.41. The predicted octanol–water partition coefficient (Wildman–Crippen LogP) is 4.32. The second kappa shape index (κ2) is 6.29. The molecule has 0 aliphatic carbocycles. The molecule has 1 unspecified atom stereocenters. The zero-order valence-electron chi connectivity index (χ0n) is 13.6. The fourth-order valence-corrected chi connectivity index (χ4v) is 4.06. The van der Waals surface area contributed by atoms with Crippen molar-refractivity contribution in [2.24, 2.45) is 0 Å². The molecule has 3 rings (SSSR count). The Kier molecular flexibility index (Phi) is 4.33. The van der Waals surface area contributed by atoms with Crippen molar-refractivity contribution < 1.29 is 14.7 Å². The standard InChI is InChI=1S/C20H18O3S/c1-13-18(22)20(2,24-19(13)23)12-14-7-6-10-16(11-14)17(21)15-8-4-3-5-9-15/h3-11,22H,12H2,1-2H3. The summed E-state index contributed by atoms with van der Waals surface area (Å²) in [6.07, 6.45) is 0.489. The molecule has 1 atom stereocenters. The minimum Gasteiger partial charge on any atom is -0.510 e. The smallest absolute Gasteiger partial charge is 0.219 e. The van der Waals surface area contributed by atoms with E-state index in [4.69, 9.17) is 0 Å². The second-order valence-corrected chi connectivity index (χ2v) is 7.64. The molecule has 122 valence electrons. The van der Waals surface area contributed by atoms with Gasteiger partial charge in [-0.15, -0.1) is 0 Å². The number of hydrogen-bond acceptors (Lipinski definition) is 4. The number of ketones is 1. The largest absolute Gasteiger partial charge is 0.510 e. The molecule has 0 saturated carbocycles. The van der Waals surface area contributed by atoms with Gasteiger partial charge in [0.25, 0.3) is 0 Å². The van der Waals surface area contributed by atoms with E-state index in [2.05, 4.69) is 0 Å². The highest BCUT2D eigenvalue weighted by atomic mass is 32.2. The van der Waals surface area contributed by atoms with Crippen LogP contribution in [-0.4, -0.2) is 20.8 Å². The lowest BCUT2D eigenvalue weighted by molar-refractivity contribution is -0.107. The molecule has 0 bridgehead atoms. The maximum Gasteiger partial charge on any atom is 0.219 e. The van der Waals surface area contributed by atoms with Gasteiger partial charge in [-0.05, 0) is 31.9 Å². The summed E-state index contributed by atoms with van der Waals surface area (Å²) < 4.78 is -0.671. The Bertz CT molecular complexity index is 839. The Morgan fingerprint density at radius 1 is 1.08 bits per heavy atom. The first-order valence-corrected chi connectivity index (χ1v) is 8.55. The van der Waals surface area contributed by atoms with Crippen LogP contribution in [0.2, 0.25) is 0 Å². The number of rotatable bonds is 4. The first-order valence-electron chi connectivity index (χ1n) is 7.73. The summed E-state index contributed by atoms with van der Waals surface area (Å²) in [7, 11) is 0. The molecule has 0 amide bonds. The minimum atomic E-state index is -0.671. The van der Waals surface area contributed by atoms with Crippen molar-refractivity contribution in [3.05, 3.63) is 82.6 Å². The van der Waals surface area contributed by atoms with Crippen molar-refractivity contribution in [1.82, 2.24) is 0 Å². The van der Waals surface area contributed by atoms with Crippen LogP contribution in [0.4, 0.5) is 0 Å². The third kappa shape index (κ3) is 3.02. The monoisotopic (exact) mass is 338 g/mol. The van der Waals surface area contributed by atoms with E-state index in [1.54, 1.807) is 25.1 Å². The van der Waals surface area contributed by atoms with E-state index in [-0.39, 0.29) is 16.7 Å². The van der Waals surface area contributed by atoms with Gasteiger partial charge in [-0.2, -0.15) is 0 Å². The van der Waals surface area contributed by atoms with E-state index in [1.165, 1.54) is 0 Å². The molecular weight excluding hydrogens is 320 g/mol. The fraction of sp³-hybridized carbons (Fsp3) is 0.200. The number of hydrogen-bond donors (Lipinski definition) is 1. The third-order valence-corrected chi connectivity index (χ3v) is 5.53. The van der Waals surface area contributed by atoms with E-state index < -0.39 is 4.75 Å². The summed E-state index contributed by atoms with van der Waals surface area (Å²) >= 11 is 1.14. The SMILES string of the molecule is CC1=C(O)C(C)(Cc2cccc(C(=O)c3ccccc3)c2)SC1=O. The van der Waals surface area contributed by atoms with E-state index in [0.717, 1.165) is 17.3 Å². The van der Waals surface area contributed by atoms with Crippen LogP contribution in [0.5, 0.6) is 0 Å². The van der Waals surface area contributed by atoms with Crippen LogP contribution in [0.1, 0.15) is 35.3 Å². The Morgan fingerprint density at radius 2 is 1.75 bits per heavy atom. The van der Waals surface area contributed by atoms with Gasteiger partial charge >= 0.3 is 0 Å². The van der Waals surface area contributed by atoms with Crippen molar-refractivity contribution in [2.75, 3.05) is 0 Å². The first-order chi connectivity index (χ1) is 11.4. The topological polar surface area (TPSA) is 54.4 Å². The quantitative estimate of drug-likeness (QED) is 0.843. The van der Waals surface area contributed by atoms with Gasteiger partial charge in [-0.1, -0.05) is 60.3 Å². The Morgan fingerprint density at radius 3 is 2.38 bits per heavy atom. The van der Waals surface area contributed by atoms with Crippen LogP contribution in [0, 0.1) is 0 Å². The summed E-state index contributed by atoms with van der Waals surface area (Å²) in [5, 5.41) is 10.2. The zero-order chi connectivity index (χ0) is 17.3. The highest BCUT2D eigenvalue weighted by Crippen LogP contribution is 2.44. The molecule has 1 heterocycles. The average molecular weight is 338 g/mol. The molecule has 0 spiro atoms. The first kappa shape index (κ1) is 16.5. The number of carbonyl (C=O) groups is 2. The van der Waals surface area contributed by atoms with Gasteiger partial charge in [0.05, 0.1) is 4.75 Å². The summed E-state index contributed by atoms with van der Waals surface area (Å²) in [6, 6.07) is 16.5. The summed E-state index contributed by atoms with van der Waals surface area (Å²) in [4.78, 5) is 24.4. The molecule has 24 heavy (non-hydrogen) atoms. The van der Waals surface area contributed by atoms with Gasteiger partial charge < -0.3 is 5.11 Å². The second-order valence-electron chi connectivity index (χ2n) is 6.17. The van der Waals surface area contributed by atoms with E-state index >= 15 is 0 Å². The molecule has 1 N–H and O–H groups in total. The normalized spacial score (nSPS) is 20.5. The molecule has 1 aliphatic heterocycles. The maximum atomic E-state index is 12.6. The number of benzene rings is 2. The lowest BCUT2D eigenvalue weighted by Gasteiger charge is -2.22. The summed E-state index contributed by atoms with van der Waals surface area (Å²) in [5.74, 6) is 0.103. The van der Waals surface area contributed by atoms with Gasteiger partial charge in [0.2, 0.25) is 5.12 Å². The molecule has 4 heteroatoms. The summed E-state index contributed by atoms with van der Waals surface area (Å²) in [6.45, 7) is 3.50. The Labute approximate surface area is 145 Å². The van der Waals surface area contributed by atoms with Crippen molar-refractivity contribution in [1.29, 1.82) is 0 Å². The molecule has 2 aromatic carbocycles. The van der Waals surface area contributed by atoms with Gasteiger partial charge in [-0.25, -0.2) is 0 Å². The van der Waals surface area contributed by atoms with Crippen LogP contribution in [-0.2, 0) is 11.2 Å². The van der Waals surface area contributed by atoms with Crippen LogP contribution >= 0.6 is 11.8 Å². The Hall–Kier alpha value is -2.33. The minimum absolute atomic E-state index is 0.0336. The lowest BCUT2D eigenvalue weighted by atomic mass is 9.94. The number of aliphatic hydroxyl groups excluding tert-OH is 1. The molecule has 0 aromatic heterocycles. The highest BCUT2D eigenvalue weighted by molar-refractivity contribution is 8.15. The predicted molar refractivity (Wildman–Crippen MR) is 96.4 cm³/mol. The molecule has 2 aromatic rings. The fourth-order valence-electron chi connectivity index (χ4n) is 2.91. The van der Waals surface area contributed by atoms with Crippen LogP contribution in [0.25, 0.3) is 0 Å². The van der Waals surface area contributed by atoms with Crippen LogP contribution in [0.15, 0.2) is 65.9 Å². The van der Waals surface area contributed by atoms with Gasteiger partial charge in [0, 0.05) is 16.7 Å². The van der Waals surface area contributed by atoms with Gasteiger partial charge in [-0.3, -0.25) is 9.59 Å². The third-order valence-electron chi connectivity index (χ3n) is 4.25. The zero-order valence-corrected chi connectivity index (χ0v) is 14.4. The van der Waals surface area contributed by atoms with Gasteiger partial charge in [0.15, 0.2) is 5.78 Å². The lowest BCUT2D eigenvalue weighted by Crippen LogP contribution is -2.24. The number of carbonyl (C=O) groups excluding carboxylic acids is 2. The average Bonchev–Trinajstić information content (AvgIpc) is 2.78. The molecule has 0 fully saturated rings. The van der Waals surface area contributed by atoms with Crippen LogP contribution in [0.3, 0.4) is 0 Å². The maximum absolute atomic E-state index is 12.6. The molecular formula is C20H18O3S. The molecule has 1 aliphatic rings.